The minimum atomic E-state index is -0.832. The summed E-state index contributed by atoms with van der Waals surface area (Å²) in [5.41, 5.74) is 0.483. The van der Waals surface area contributed by atoms with Gasteiger partial charge in [-0.1, -0.05) is 36.4 Å². The highest BCUT2D eigenvalue weighted by Crippen LogP contribution is 2.37. The van der Waals surface area contributed by atoms with E-state index >= 15 is 0 Å². The molecule has 5 heterocycles. The van der Waals surface area contributed by atoms with Crippen LogP contribution in [-0.2, 0) is 11.3 Å². The molecule has 3 aliphatic heterocycles. The zero-order chi connectivity index (χ0) is 26.0. The van der Waals surface area contributed by atoms with Crippen LogP contribution in [0, 0.1) is 5.92 Å². The van der Waals surface area contributed by atoms with Crippen molar-refractivity contribution in [3.05, 3.63) is 87.3 Å². The summed E-state index contributed by atoms with van der Waals surface area (Å²) >= 11 is 1.76. The first-order valence-corrected chi connectivity index (χ1v) is 14.5. The lowest BCUT2D eigenvalue weighted by Crippen LogP contribution is -2.54. The monoisotopic (exact) mass is 529 g/mol. The van der Waals surface area contributed by atoms with E-state index in [2.05, 4.69) is 62.7 Å². The minimum Gasteiger partial charge on any atom is -0.388 e. The Balaban J connectivity index is 1.09. The number of thiophene rings is 1. The van der Waals surface area contributed by atoms with Crippen LogP contribution in [0.4, 0.5) is 0 Å². The molecule has 6 rings (SSSR count). The zero-order valence-corrected chi connectivity index (χ0v) is 22.5. The predicted molar refractivity (Wildman–Crippen MR) is 149 cm³/mol. The van der Waals surface area contributed by atoms with Crippen LogP contribution in [0.3, 0.4) is 0 Å². The molecule has 0 spiro atoms. The van der Waals surface area contributed by atoms with Gasteiger partial charge in [-0.25, -0.2) is 0 Å². The Morgan fingerprint density at radius 3 is 2.68 bits per heavy atom. The summed E-state index contributed by atoms with van der Waals surface area (Å²) in [5, 5.41) is 15.2. The number of hydrogen-bond acceptors (Lipinski definition) is 7. The summed E-state index contributed by atoms with van der Waals surface area (Å²) in [5.74, 6) is 0.448. The van der Waals surface area contributed by atoms with Crippen LogP contribution in [0.5, 0.6) is 0 Å². The fourth-order valence-electron chi connectivity index (χ4n) is 6.12. The summed E-state index contributed by atoms with van der Waals surface area (Å²) in [6.45, 7) is 4.95. The number of benzene rings is 1. The molecule has 7 nitrogen and oxygen atoms in total. The van der Waals surface area contributed by atoms with Crippen molar-refractivity contribution >= 4 is 23.4 Å². The van der Waals surface area contributed by atoms with E-state index in [0.29, 0.717) is 39.1 Å². The fourth-order valence-corrected chi connectivity index (χ4v) is 7.01. The summed E-state index contributed by atoms with van der Waals surface area (Å²) in [6.07, 6.45) is 5.78. The lowest BCUT2D eigenvalue weighted by molar-refractivity contribution is -0.142. The number of hydrogen-bond donors (Lipinski definition) is 1. The summed E-state index contributed by atoms with van der Waals surface area (Å²) < 4.78 is 0. The van der Waals surface area contributed by atoms with Gasteiger partial charge in [0, 0.05) is 61.8 Å². The second-order valence-corrected chi connectivity index (χ2v) is 11.8. The van der Waals surface area contributed by atoms with Gasteiger partial charge in [0.25, 0.3) is 0 Å². The third-order valence-corrected chi connectivity index (χ3v) is 9.22. The molecule has 1 aromatic carbocycles. The van der Waals surface area contributed by atoms with E-state index in [-0.39, 0.29) is 17.7 Å². The van der Waals surface area contributed by atoms with Crippen molar-refractivity contribution in [2.75, 3.05) is 39.4 Å². The number of likely N-dealkylation sites (tertiary alicyclic amines) is 2. The number of fused-ring (bicyclic) bond motifs is 1. The Morgan fingerprint density at radius 1 is 1.05 bits per heavy atom. The van der Waals surface area contributed by atoms with Gasteiger partial charge in [-0.05, 0) is 54.9 Å². The average molecular weight is 530 g/mol. The van der Waals surface area contributed by atoms with Crippen LogP contribution in [0.2, 0.25) is 0 Å². The number of carbonyl (C=O) groups excluding carboxylic acids is 1. The van der Waals surface area contributed by atoms with Crippen molar-refractivity contribution in [3.63, 3.8) is 0 Å². The smallest absolute Gasteiger partial charge is 0.226 e. The minimum absolute atomic E-state index is 0.0105. The molecule has 3 aromatic rings. The number of carbonyl (C=O) groups is 1. The Bertz CT molecular complexity index is 1350. The number of β-amino-alcohol motifs (C(OH)–C–C–N with tert-alkyl or cyclic N) is 1. The second-order valence-electron chi connectivity index (χ2n) is 10.9. The van der Waals surface area contributed by atoms with Crippen LogP contribution in [0.1, 0.15) is 35.6 Å². The highest BCUT2D eigenvalue weighted by atomic mass is 32.1. The maximum absolute atomic E-state index is 13.9. The van der Waals surface area contributed by atoms with Crippen molar-refractivity contribution in [1.82, 2.24) is 19.7 Å². The molecule has 2 aromatic heterocycles. The highest BCUT2D eigenvalue weighted by molar-refractivity contribution is 7.10. The van der Waals surface area contributed by atoms with Crippen molar-refractivity contribution in [2.45, 2.75) is 37.3 Å². The molecule has 0 aliphatic carbocycles. The molecular weight excluding hydrogens is 494 g/mol. The summed E-state index contributed by atoms with van der Waals surface area (Å²) in [6, 6.07) is 18.7. The van der Waals surface area contributed by atoms with Crippen LogP contribution < -0.4 is 10.7 Å². The molecule has 8 heteroatoms. The fraction of sp³-hybridized carbons (Fsp3) is 0.433. The van der Waals surface area contributed by atoms with Gasteiger partial charge in [0.15, 0.2) is 0 Å². The molecule has 2 atom stereocenters. The lowest BCUT2D eigenvalue weighted by Gasteiger charge is -2.44. The van der Waals surface area contributed by atoms with Gasteiger partial charge in [-0.3, -0.25) is 19.7 Å². The number of rotatable bonds is 6. The van der Waals surface area contributed by atoms with E-state index in [4.69, 9.17) is 0 Å². The first kappa shape index (κ1) is 25.2. The quantitative estimate of drug-likeness (QED) is 0.531. The van der Waals surface area contributed by atoms with Gasteiger partial charge in [0.2, 0.25) is 5.91 Å². The number of aliphatic hydroxyl groups is 1. The largest absolute Gasteiger partial charge is 0.388 e. The second kappa shape index (κ2) is 11.0. The van der Waals surface area contributed by atoms with Crippen molar-refractivity contribution in [3.8, 4) is 0 Å². The maximum atomic E-state index is 13.9. The van der Waals surface area contributed by atoms with E-state index in [9.17, 15) is 9.90 Å². The first-order valence-electron chi connectivity index (χ1n) is 13.6. The topological polar surface area (TPSA) is 72.3 Å². The van der Waals surface area contributed by atoms with E-state index in [1.54, 1.807) is 17.5 Å². The molecule has 198 valence electrons. The molecule has 38 heavy (non-hydrogen) atoms. The van der Waals surface area contributed by atoms with Crippen LogP contribution in [0.25, 0.3) is 6.20 Å². The van der Waals surface area contributed by atoms with Gasteiger partial charge in [0.05, 0.1) is 11.0 Å². The van der Waals surface area contributed by atoms with E-state index in [1.807, 2.05) is 28.1 Å². The number of pyridine rings is 1. The Morgan fingerprint density at radius 2 is 1.89 bits per heavy atom. The average Bonchev–Trinajstić information content (AvgIpc) is 3.49. The van der Waals surface area contributed by atoms with Gasteiger partial charge in [-0.15, -0.1) is 11.3 Å². The van der Waals surface area contributed by atoms with E-state index < -0.39 is 5.60 Å². The molecule has 0 saturated carbocycles. The molecule has 3 aliphatic rings. The summed E-state index contributed by atoms with van der Waals surface area (Å²) in [7, 11) is 0. The number of aromatic nitrogens is 1. The van der Waals surface area contributed by atoms with Crippen molar-refractivity contribution in [2.24, 2.45) is 10.9 Å². The SMILES string of the molecule is O=C([C@H]1CCN(Cc2ccccc2)C[C@@H]1c1cccs1)N1CCC(O)(CN2C=c3ncccc3=NC2)CC1. The molecule has 2 saturated heterocycles. The third kappa shape index (κ3) is 5.53. The molecule has 1 N–H and O–H groups in total. The molecule has 0 unspecified atom stereocenters. The molecule has 2 fully saturated rings. The maximum Gasteiger partial charge on any atom is 0.226 e. The van der Waals surface area contributed by atoms with Gasteiger partial charge in [-0.2, -0.15) is 0 Å². The molecule has 0 bridgehead atoms. The van der Waals surface area contributed by atoms with Crippen molar-refractivity contribution < 1.29 is 9.90 Å². The number of nitrogens with zero attached hydrogens (tertiary/aromatic N) is 5. The molecule has 0 radical (unpaired) electrons. The summed E-state index contributed by atoms with van der Waals surface area (Å²) in [4.78, 5) is 30.7. The van der Waals surface area contributed by atoms with E-state index in [1.165, 1.54) is 10.4 Å². The highest BCUT2D eigenvalue weighted by Gasteiger charge is 2.41. The Kier molecular flexibility index (Phi) is 7.28. The predicted octanol–water partition coefficient (Wildman–Crippen LogP) is 2.43. The van der Waals surface area contributed by atoms with Crippen LogP contribution >= 0.6 is 11.3 Å². The van der Waals surface area contributed by atoms with Crippen LogP contribution in [-0.4, -0.2) is 75.7 Å². The molecule has 1 amide bonds. The Labute approximate surface area is 227 Å². The van der Waals surface area contributed by atoms with Crippen molar-refractivity contribution in [1.29, 1.82) is 0 Å². The van der Waals surface area contributed by atoms with Gasteiger partial charge >= 0.3 is 0 Å². The standard InChI is InChI=1S/C30H35N5O2S/c36-29(24-10-14-33(18-23-6-2-1-3-7-23)19-25(24)28-9-5-17-38-28)35-15-11-30(37,12-16-35)21-34-20-27-26(32-22-34)8-4-13-31-27/h1-9,13,17,20,24-25,37H,10-12,14-16,18-19,21-22H2/t24-,25-/m0/s1. The van der Waals surface area contributed by atoms with Crippen LogP contribution in [0.15, 0.2) is 71.2 Å². The molecular formula is C30H35N5O2S. The van der Waals surface area contributed by atoms with Gasteiger partial charge < -0.3 is 14.9 Å². The zero-order valence-electron chi connectivity index (χ0n) is 21.7. The third-order valence-electron chi connectivity index (χ3n) is 8.22. The van der Waals surface area contributed by atoms with E-state index in [0.717, 1.165) is 36.8 Å². The first-order chi connectivity index (χ1) is 18.6. The number of amides is 1. The van der Waals surface area contributed by atoms with Gasteiger partial charge in [0.1, 0.15) is 12.0 Å². The number of piperidine rings is 2. The lowest BCUT2D eigenvalue weighted by atomic mass is 9.82. The Hall–Kier alpha value is -3.07. The normalized spacial score (nSPS) is 23.3.